The van der Waals surface area contributed by atoms with Gasteiger partial charge in [-0.25, -0.2) is 8.42 Å². The van der Waals surface area contributed by atoms with Crippen LogP contribution in [0.4, 0.5) is 0 Å². The highest BCUT2D eigenvalue weighted by atomic mass is 32.2. The molecule has 1 saturated heterocycles. The predicted molar refractivity (Wildman–Crippen MR) is 138 cm³/mol. The number of ether oxygens (including phenoxy) is 3. The average molecular weight is 484 g/mol. The Kier molecular flexibility index (Phi) is 8.97. The number of methoxy groups -OCH3 is 3. The number of Topliss-reactive ketones (excluding diaryl/α,β-unsaturated/α-hetero) is 1. The molecule has 1 aliphatic heterocycles. The van der Waals surface area contributed by atoms with Crippen LogP contribution >= 0.6 is 0 Å². The molecule has 2 aromatic carbocycles. The molecule has 8 heteroatoms. The first kappa shape index (κ1) is 26.0. The van der Waals surface area contributed by atoms with E-state index < -0.39 is 15.9 Å². The molecular formula is C26H33BO6S. The van der Waals surface area contributed by atoms with Crippen molar-refractivity contribution in [2.45, 2.75) is 43.5 Å². The second-order valence-electron chi connectivity index (χ2n) is 8.65. The maximum Gasteiger partial charge on any atom is 0.166 e. The molecule has 182 valence electrons. The van der Waals surface area contributed by atoms with E-state index in [9.17, 15) is 13.2 Å². The first-order chi connectivity index (χ1) is 16.3. The van der Waals surface area contributed by atoms with Crippen molar-refractivity contribution in [3.05, 3.63) is 59.2 Å². The zero-order chi connectivity index (χ0) is 24.7. The molecule has 3 rings (SSSR count). The van der Waals surface area contributed by atoms with Gasteiger partial charge < -0.3 is 14.2 Å². The van der Waals surface area contributed by atoms with Gasteiger partial charge in [-0.2, -0.15) is 0 Å². The number of benzene rings is 2. The van der Waals surface area contributed by atoms with Crippen LogP contribution in [0.15, 0.2) is 42.5 Å². The second-order valence-corrected chi connectivity index (χ2v) is 11.1. The molecule has 0 N–H and O–H groups in total. The number of ketones is 1. The van der Waals surface area contributed by atoms with Gasteiger partial charge in [-0.1, -0.05) is 36.4 Å². The Balaban J connectivity index is 1.58. The summed E-state index contributed by atoms with van der Waals surface area (Å²) >= 11 is 0. The summed E-state index contributed by atoms with van der Waals surface area (Å²) < 4.78 is 40.5. The number of rotatable bonds is 11. The zero-order valence-corrected chi connectivity index (χ0v) is 21.2. The van der Waals surface area contributed by atoms with Crippen LogP contribution in [0, 0.1) is 0 Å². The molecule has 0 saturated carbocycles. The highest BCUT2D eigenvalue weighted by Crippen LogP contribution is 2.26. The lowest BCUT2D eigenvalue weighted by molar-refractivity contribution is -0.129. The van der Waals surface area contributed by atoms with E-state index in [2.05, 4.69) is 0 Å². The molecule has 0 aromatic heterocycles. The summed E-state index contributed by atoms with van der Waals surface area (Å²) in [6, 6.07) is 11.4. The number of carbonyl (C=O) groups excluding carboxylic acids is 1. The summed E-state index contributed by atoms with van der Waals surface area (Å²) in [4.78, 5) is 12.8. The lowest BCUT2D eigenvalue weighted by Crippen LogP contribution is -2.18. The van der Waals surface area contributed by atoms with Crippen LogP contribution < -0.4 is 14.9 Å². The molecular weight excluding hydrogens is 451 g/mol. The zero-order valence-electron chi connectivity index (χ0n) is 20.4. The summed E-state index contributed by atoms with van der Waals surface area (Å²) in [7, 11) is 3.75. The van der Waals surface area contributed by atoms with Crippen molar-refractivity contribution < 1.29 is 27.4 Å². The Morgan fingerprint density at radius 1 is 1.12 bits per heavy atom. The third-order valence-corrected chi connectivity index (χ3v) is 8.65. The lowest BCUT2D eigenvalue weighted by atomic mass is 9.92. The van der Waals surface area contributed by atoms with Crippen molar-refractivity contribution in [3.8, 4) is 11.5 Å². The minimum absolute atomic E-state index is 0.00246. The number of sulfone groups is 1. The molecule has 2 atom stereocenters. The van der Waals surface area contributed by atoms with Crippen molar-refractivity contribution in [2.75, 3.05) is 27.1 Å². The Morgan fingerprint density at radius 2 is 1.76 bits per heavy atom. The first-order valence-corrected chi connectivity index (χ1v) is 13.3. The van der Waals surface area contributed by atoms with Gasteiger partial charge in [0, 0.05) is 13.5 Å². The quantitative estimate of drug-likeness (QED) is 0.457. The number of allylic oxidation sites excluding steroid dienone is 1. The van der Waals surface area contributed by atoms with Crippen LogP contribution in [0.5, 0.6) is 11.5 Å². The molecule has 0 aliphatic carbocycles. The van der Waals surface area contributed by atoms with Crippen molar-refractivity contribution >= 4 is 35.0 Å². The van der Waals surface area contributed by atoms with E-state index in [0.717, 1.165) is 46.5 Å². The maximum atomic E-state index is 12.8. The second kappa shape index (κ2) is 11.7. The fourth-order valence-corrected chi connectivity index (χ4v) is 6.29. The van der Waals surface area contributed by atoms with Crippen molar-refractivity contribution in [3.63, 3.8) is 0 Å². The molecule has 0 spiro atoms. The topological polar surface area (TPSA) is 78.9 Å². The number of hydrogen-bond donors (Lipinski definition) is 0. The molecule has 34 heavy (non-hydrogen) atoms. The maximum absolute atomic E-state index is 12.8. The average Bonchev–Trinajstić information content (AvgIpc) is 3.16. The highest BCUT2D eigenvalue weighted by molar-refractivity contribution is 7.92. The van der Waals surface area contributed by atoms with Gasteiger partial charge >= 0.3 is 0 Å². The molecule has 2 unspecified atom stereocenters. The van der Waals surface area contributed by atoms with Crippen molar-refractivity contribution in [1.29, 1.82) is 0 Å². The Bertz CT molecular complexity index is 1100. The van der Waals surface area contributed by atoms with Gasteiger partial charge in [0.15, 0.2) is 15.6 Å². The van der Waals surface area contributed by atoms with Gasteiger partial charge in [-0.15, -0.1) is 0 Å². The molecule has 6 nitrogen and oxygen atoms in total. The smallest absolute Gasteiger partial charge is 0.166 e. The van der Waals surface area contributed by atoms with E-state index in [1.54, 1.807) is 14.2 Å². The van der Waals surface area contributed by atoms with E-state index in [1.807, 2.05) is 56.4 Å². The van der Waals surface area contributed by atoms with Crippen molar-refractivity contribution in [1.82, 2.24) is 0 Å². The molecule has 1 fully saturated rings. The fourth-order valence-electron chi connectivity index (χ4n) is 4.41. The van der Waals surface area contributed by atoms with Gasteiger partial charge in [0.2, 0.25) is 0 Å². The lowest BCUT2D eigenvalue weighted by Gasteiger charge is -2.15. The molecule has 0 amide bonds. The molecule has 1 aliphatic rings. The van der Waals surface area contributed by atoms with E-state index in [-0.39, 0.29) is 16.8 Å². The first-order valence-electron chi connectivity index (χ1n) is 11.5. The van der Waals surface area contributed by atoms with Crippen LogP contribution in [0.25, 0.3) is 6.08 Å². The van der Waals surface area contributed by atoms with Gasteiger partial charge in [0.1, 0.15) is 25.4 Å². The van der Waals surface area contributed by atoms with E-state index >= 15 is 0 Å². The Hall–Kier alpha value is -2.58. The summed E-state index contributed by atoms with van der Waals surface area (Å²) in [5, 5.41) is -0.293. The fraction of sp³-hybridized carbons (Fsp3) is 0.423. The molecule has 0 bridgehead atoms. The Labute approximate surface area is 203 Å². The molecule has 2 aromatic rings. The summed E-state index contributed by atoms with van der Waals surface area (Å²) in [6.07, 6.45) is 6.17. The van der Waals surface area contributed by atoms with Crippen LogP contribution in [0.2, 0.25) is 0 Å². The van der Waals surface area contributed by atoms with Gasteiger partial charge in [0.25, 0.3) is 0 Å². The molecule has 1 heterocycles. The predicted octanol–water partition coefficient (Wildman–Crippen LogP) is 2.83. The molecule has 0 radical (unpaired) electrons. The largest absolute Gasteiger partial charge is 0.497 e. The van der Waals surface area contributed by atoms with E-state index in [1.165, 1.54) is 7.11 Å². The minimum Gasteiger partial charge on any atom is -0.497 e. The van der Waals surface area contributed by atoms with Crippen LogP contribution in [-0.2, 0) is 25.8 Å². The summed E-state index contributed by atoms with van der Waals surface area (Å²) in [6.45, 7) is 0. The minimum atomic E-state index is -2.97. The standard InChI is InChI=1S/C26H33BO6S/c1-31-23-16-19(17-24(32-2)25(23)27)7-4-5-9-22(28)26(33-3)20-12-10-18(11-13-20)15-21-8-6-14-34(21,29)30/h4,7,10-13,16-17,21,26H,5-6,8-9,14-15,27H2,1-3H3/b7-4+. The Morgan fingerprint density at radius 3 is 2.29 bits per heavy atom. The highest BCUT2D eigenvalue weighted by Gasteiger charge is 2.31. The van der Waals surface area contributed by atoms with Gasteiger partial charge in [0.05, 0.1) is 25.2 Å². The number of hydrogen-bond acceptors (Lipinski definition) is 6. The summed E-state index contributed by atoms with van der Waals surface area (Å²) in [5.41, 5.74) is 3.63. The van der Waals surface area contributed by atoms with Crippen molar-refractivity contribution in [2.24, 2.45) is 0 Å². The van der Waals surface area contributed by atoms with E-state index in [4.69, 9.17) is 14.2 Å². The van der Waals surface area contributed by atoms with Crippen LogP contribution in [0.1, 0.15) is 48.5 Å². The monoisotopic (exact) mass is 484 g/mol. The van der Waals surface area contributed by atoms with Gasteiger partial charge in [-0.3, -0.25) is 4.79 Å². The third kappa shape index (κ3) is 6.30. The van der Waals surface area contributed by atoms with Crippen LogP contribution in [0.3, 0.4) is 0 Å². The summed E-state index contributed by atoms with van der Waals surface area (Å²) in [5.74, 6) is 1.79. The number of carbonyl (C=O) groups is 1. The third-order valence-electron chi connectivity index (χ3n) is 6.38. The normalized spacial score (nSPS) is 18.1. The van der Waals surface area contributed by atoms with Crippen LogP contribution in [-0.4, -0.2) is 54.4 Å². The van der Waals surface area contributed by atoms with E-state index in [0.29, 0.717) is 19.3 Å². The SMILES string of the molecule is Bc1c(OC)cc(/C=C/CCC(=O)C(OC)c2ccc(CC3CCCS3(=O)=O)cc2)cc1OC. The van der Waals surface area contributed by atoms with Gasteiger partial charge in [-0.05, 0) is 60.0 Å².